The predicted molar refractivity (Wildman–Crippen MR) is 79.6 cm³/mol. The van der Waals surface area contributed by atoms with Crippen molar-refractivity contribution >= 4 is 0 Å². The van der Waals surface area contributed by atoms with Crippen LogP contribution in [0.2, 0.25) is 0 Å². The first-order valence-corrected chi connectivity index (χ1v) is 7.85. The van der Waals surface area contributed by atoms with Gasteiger partial charge in [0.25, 0.3) is 0 Å². The number of hydrogen-bond donors (Lipinski definition) is 1. The van der Waals surface area contributed by atoms with E-state index in [9.17, 15) is 0 Å². The second-order valence-electron chi connectivity index (χ2n) is 5.93. The van der Waals surface area contributed by atoms with Crippen LogP contribution in [0.25, 0.3) is 0 Å². The molecule has 2 aliphatic heterocycles. The first-order chi connectivity index (χ1) is 9.86. The van der Waals surface area contributed by atoms with E-state index >= 15 is 0 Å². The van der Waals surface area contributed by atoms with Crippen LogP contribution in [0, 0.1) is 0 Å². The molecule has 2 atom stereocenters. The van der Waals surface area contributed by atoms with Crippen molar-refractivity contribution in [3.63, 3.8) is 0 Å². The highest BCUT2D eigenvalue weighted by atomic mass is 16.5. The number of nitrogens with one attached hydrogen (secondary N) is 1. The molecule has 1 fully saturated rings. The smallest absolute Gasteiger partial charge is 0.0725 e. The van der Waals surface area contributed by atoms with Gasteiger partial charge in [-0.2, -0.15) is 0 Å². The lowest BCUT2D eigenvalue weighted by Gasteiger charge is -2.25. The number of fused-ring (bicyclic) bond motifs is 1. The van der Waals surface area contributed by atoms with Crippen LogP contribution in [0.4, 0.5) is 0 Å². The fourth-order valence-corrected chi connectivity index (χ4v) is 3.27. The first kappa shape index (κ1) is 14.1. The van der Waals surface area contributed by atoms with Crippen molar-refractivity contribution < 1.29 is 9.47 Å². The van der Waals surface area contributed by atoms with E-state index in [1.165, 1.54) is 36.0 Å². The van der Waals surface area contributed by atoms with Gasteiger partial charge in [0, 0.05) is 12.6 Å². The highest BCUT2D eigenvalue weighted by Gasteiger charge is 2.18. The standard InChI is InChI=1S/C17H25NO2/c1-18-17(8-7-16-4-2-3-9-20-16)13-5-6-14-11-19-12-15(14)10-13/h5-6,10,16-18H,2-4,7-9,11-12H2,1H3. The molecule has 0 spiro atoms. The fraction of sp³-hybridized carbons (Fsp3) is 0.647. The summed E-state index contributed by atoms with van der Waals surface area (Å²) in [4.78, 5) is 0. The number of rotatable bonds is 5. The number of ether oxygens (including phenoxy) is 2. The average Bonchev–Trinajstić information content (AvgIpc) is 2.96. The van der Waals surface area contributed by atoms with Gasteiger partial charge in [-0.1, -0.05) is 18.2 Å². The summed E-state index contributed by atoms with van der Waals surface area (Å²) in [5, 5.41) is 3.45. The third-order valence-electron chi connectivity index (χ3n) is 4.55. The summed E-state index contributed by atoms with van der Waals surface area (Å²) < 4.78 is 11.3. The van der Waals surface area contributed by atoms with Crippen molar-refractivity contribution in [2.45, 2.75) is 57.5 Å². The molecule has 0 bridgehead atoms. The normalized spacial score (nSPS) is 23.6. The van der Waals surface area contributed by atoms with Gasteiger partial charge in [-0.15, -0.1) is 0 Å². The van der Waals surface area contributed by atoms with E-state index < -0.39 is 0 Å². The van der Waals surface area contributed by atoms with Crippen molar-refractivity contribution in [2.75, 3.05) is 13.7 Å². The van der Waals surface area contributed by atoms with Gasteiger partial charge in [-0.3, -0.25) is 0 Å². The zero-order chi connectivity index (χ0) is 13.8. The summed E-state index contributed by atoms with van der Waals surface area (Å²) in [6.07, 6.45) is 6.55. The summed E-state index contributed by atoms with van der Waals surface area (Å²) in [5.74, 6) is 0. The zero-order valence-corrected chi connectivity index (χ0v) is 12.4. The molecule has 3 rings (SSSR count). The number of benzene rings is 1. The van der Waals surface area contributed by atoms with Crippen LogP contribution in [0.15, 0.2) is 18.2 Å². The molecular formula is C17H25NO2. The molecule has 110 valence electrons. The molecule has 1 N–H and O–H groups in total. The van der Waals surface area contributed by atoms with E-state index in [4.69, 9.17) is 9.47 Å². The van der Waals surface area contributed by atoms with Gasteiger partial charge in [0.2, 0.25) is 0 Å². The highest BCUT2D eigenvalue weighted by molar-refractivity contribution is 5.34. The van der Waals surface area contributed by atoms with Gasteiger partial charge in [0.1, 0.15) is 0 Å². The van der Waals surface area contributed by atoms with E-state index in [-0.39, 0.29) is 0 Å². The topological polar surface area (TPSA) is 30.5 Å². The van der Waals surface area contributed by atoms with Crippen LogP contribution in [0.3, 0.4) is 0 Å². The Labute approximate surface area is 121 Å². The molecule has 2 heterocycles. The molecule has 2 unspecified atom stereocenters. The van der Waals surface area contributed by atoms with Gasteiger partial charge in [-0.05, 0) is 55.8 Å². The van der Waals surface area contributed by atoms with E-state index in [1.807, 2.05) is 0 Å². The minimum Gasteiger partial charge on any atom is -0.378 e. The molecule has 2 aliphatic rings. The van der Waals surface area contributed by atoms with Crippen LogP contribution in [0.1, 0.15) is 54.8 Å². The number of hydrogen-bond acceptors (Lipinski definition) is 3. The maximum Gasteiger partial charge on any atom is 0.0725 e. The van der Waals surface area contributed by atoms with Crippen molar-refractivity contribution in [1.82, 2.24) is 5.32 Å². The monoisotopic (exact) mass is 275 g/mol. The lowest BCUT2D eigenvalue weighted by atomic mass is 9.95. The summed E-state index contributed by atoms with van der Waals surface area (Å²) in [6.45, 7) is 2.49. The Morgan fingerprint density at radius 1 is 1.25 bits per heavy atom. The molecule has 3 nitrogen and oxygen atoms in total. The van der Waals surface area contributed by atoms with Crippen LogP contribution >= 0.6 is 0 Å². The molecule has 0 aliphatic carbocycles. The van der Waals surface area contributed by atoms with E-state index in [0.717, 1.165) is 32.7 Å². The van der Waals surface area contributed by atoms with E-state index in [1.54, 1.807) is 0 Å². The molecule has 1 saturated heterocycles. The molecule has 20 heavy (non-hydrogen) atoms. The van der Waals surface area contributed by atoms with E-state index in [2.05, 4.69) is 30.6 Å². The SMILES string of the molecule is CNC(CCC1CCCCO1)c1ccc2c(c1)COC2. The first-order valence-electron chi connectivity index (χ1n) is 7.85. The second-order valence-corrected chi connectivity index (χ2v) is 5.93. The van der Waals surface area contributed by atoms with Crippen molar-refractivity contribution in [3.8, 4) is 0 Å². The maximum absolute atomic E-state index is 5.83. The lowest BCUT2D eigenvalue weighted by Crippen LogP contribution is -2.23. The van der Waals surface area contributed by atoms with E-state index in [0.29, 0.717) is 12.1 Å². The van der Waals surface area contributed by atoms with Crippen LogP contribution in [0.5, 0.6) is 0 Å². The van der Waals surface area contributed by atoms with Gasteiger partial charge < -0.3 is 14.8 Å². The quantitative estimate of drug-likeness (QED) is 0.894. The predicted octanol–water partition coefficient (Wildman–Crippen LogP) is 3.33. The van der Waals surface area contributed by atoms with Crippen LogP contribution in [-0.4, -0.2) is 19.8 Å². The molecule has 0 aromatic heterocycles. The second kappa shape index (κ2) is 6.70. The fourth-order valence-electron chi connectivity index (χ4n) is 3.27. The maximum atomic E-state index is 5.83. The minimum absolute atomic E-state index is 0.423. The molecule has 1 aromatic rings. The average molecular weight is 275 g/mol. The molecule has 0 saturated carbocycles. The van der Waals surface area contributed by atoms with Crippen molar-refractivity contribution in [3.05, 3.63) is 34.9 Å². The molecule has 3 heteroatoms. The lowest BCUT2D eigenvalue weighted by molar-refractivity contribution is 0.00866. The molecular weight excluding hydrogens is 250 g/mol. The summed E-state index contributed by atoms with van der Waals surface area (Å²) in [7, 11) is 2.05. The van der Waals surface area contributed by atoms with Gasteiger partial charge in [0.05, 0.1) is 19.3 Å². The Kier molecular flexibility index (Phi) is 4.71. The van der Waals surface area contributed by atoms with Crippen LogP contribution in [-0.2, 0) is 22.7 Å². The van der Waals surface area contributed by atoms with Crippen molar-refractivity contribution in [1.29, 1.82) is 0 Å². The minimum atomic E-state index is 0.423. The van der Waals surface area contributed by atoms with Gasteiger partial charge >= 0.3 is 0 Å². The molecule has 0 radical (unpaired) electrons. The summed E-state index contributed by atoms with van der Waals surface area (Å²) >= 11 is 0. The van der Waals surface area contributed by atoms with Crippen molar-refractivity contribution in [2.24, 2.45) is 0 Å². The Bertz CT molecular complexity index is 441. The Balaban J connectivity index is 1.60. The Hall–Kier alpha value is -0.900. The third kappa shape index (κ3) is 3.22. The third-order valence-corrected chi connectivity index (χ3v) is 4.55. The Morgan fingerprint density at radius 3 is 2.95 bits per heavy atom. The Morgan fingerprint density at radius 2 is 2.15 bits per heavy atom. The highest BCUT2D eigenvalue weighted by Crippen LogP contribution is 2.27. The molecule has 0 amide bonds. The summed E-state index contributed by atoms with van der Waals surface area (Å²) in [6, 6.07) is 7.20. The zero-order valence-electron chi connectivity index (χ0n) is 12.4. The molecule has 1 aromatic carbocycles. The van der Waals surface area contributed by atoms with Gasteiger partial charge in [-0.25, -0.2) is 0 Å². The van der Waals surface area contributed by atoms with Gasteiger partial charge in [0.15, 0.2) is 0 Å². The summed E-state index contributed by atoms with van der Waals surface area (Å²) in [5.41, 5.74) is 4.09. The largest absolute Gasteiger partial charge is 0.378 e. The van der Waals surface area contributed by atoms with Crippen LogP contribution < -0.4 is 5.32 Å².